The molecule has 1 aliphatic rings. The van der Waals surface area contributed by atoms with Gasteiger partial charge in [-0.2, -0.15) is 0 Å². The standard InChI is InChI=1S/C17H21NO7S/c1-24-16(20)12-3-4-13(17(21)25-2)14(10-12)18-15(19)9-11-5-7-26(22,23)8-6-11/h3-4,10-11H,5-9H2,1-2H3,(H,18,19). The maximum atomic E-state index is 12.3. The van der Waals surface area contributed by atoms with E-state index in [0.717, 1.165) is 0 Å². The summed E-state index contributed by atoms with van der Waals surface area (Å²) in [6, 6.07) is 4.13. The van der Waals surface area contributed by atoms with E-state index in [1.165, 1.54) is 32.4 Å². The third-order valence-corrected chi connectivity index (χ3v) is 5.98. The minimum atomic E-state index is -2.99. The third kappa shape index (κ3) is 5.04. The van der Waals surface area contributed by atoms with Gasteiger partial charge in [0.25, 0.3) is 0 Å². The molecule has 0 saturated carbocycles. The quantitative estimate of drug-likeness (QED) is 0.764. The molecule has 2 rings (SSSR count). The summed E-state index contributed by atoms with van der Waals surface area (Å²) in [7, 11) is -0.553. The van der Waals surface area contributed by atoms with Crippen molar-refractivity contribution in [3.05, 3.63) is 29.3 Å². The van der Waals surface area contributed by atoms with Crippen LogP contribution in [0.25, 0.3) is 0 Å². The van der Waals surface area contributed by atoms with Gasteiger partial charge in [0.1, 0.15) is 9.84 Å². The summed E-state index contributed by atoms with van der Waals surface area (Å²) in [6.45, 7) is 0. The van der Waals surface area contributed by atoms with E-state index in [9.17, 15) is 22.8 Å². The van der Waals surface area contributed by atoms with E-state index in [-0.39, 0.29) is 46.6 Å². The van der Waals surface area contributed by atoms with E-state index in [1.807, 2.05) is 0 Å². The van der Waals surface area contributed by atoms with Crippen LogP contribution in [-0.2, 0) is 24.1 Å². The lowest BCUT2D eigenvalue weighted by Crippen LogP contribution is -2.27. The fourth-order valence-corrected chi connectivity index (χ4v) is 4.38. The molecule has 0 radical (unpaired) electrons. The van der Waals surface area contributed by atoms with Crippen LogP contribution in [-0.4, -0.2) is 52.0 Å². The van der Waals surface area contributed by atoms with Gasteiger partial charge in [-0.1, -0.05) is 0 Å². The number of nitrogens with one attached hydrogen (secondary N) is 1. The maximum Gasteiger partial charge on any atom is 0.339 e. The second-order valence-corrected chi connectivity index (χ2v) is 8.39. The van der Waals surface area contributed by atoms with E-state index in [1.54, 1.807) is 0 Å². The lowest BCUT2D eigenvalue weighted by Gasteiger charge is -2.21. The monoisotopic (exact) mass is 383 g/mol. The maximum absolute atomic E-state index is 12.3. The van der Waals surface area contributed by atoms with Gasteiger partial charge in [0.05, 0.1) is 42.5 Å². The predicted octanol–water partition coefficient (Wildman–Crippen LogP) is 1.41. The number of carbonyl (C=O) groups excluding carboxylic acids is 3. The van der Waals surface area contributed by atoms with Crippen molar-refractivity contribution in [3.63, 3.8) is 0 Å². The number of hydrogen-bond donors (Lipinski definition) is 1. The number of esters is 2. The van der Waals surface area contributed by atoms with Crippen molar-refractivity contribution in [2.45, 2.75) is 19.3 Å². The van der Waals surface area contributed by atoms with E-state index in [4.69, 9.17) is 0 Å². The molecule has 0 aliphatic carbocycles. The fraction of sp³-hybridized carbons (Fsp3) is 0.471. The first-order chi connectivity index (χ1) is 12.3. The molecule has 1 heterocycles. The Hall–Kier alpha value is -2.42. The molecule has 1 aliphatic heterocycles. The zero-order chi connectivity index (χ0) is 19.3. The van der Waals surface area contributed by atoms with Crippen LogP contribution in [0.1, 0.15) is 40.0 Å². The molecule has 8 nitrogen and oxygen atoms in total. The average Bonchev–Trinajstić information content (AvgIpc) is 2.62. The number of carbonyl (C=O) groups is 3. The number of benzene rings is 1. The number of sulfone groups is 1. The van der Waals surface area contributed by atoms with Crippen molar-refractivity contribution in [2.24, 2.45) is 5.92 Å². The molecule has 9 heteroatoms. The van der Waals surface area contributed by atoms with Crippen LogP contribution in [0.5, 0.6) is 0 Å². The van der Waals surface area contributed by atoms with E-state index in [0.29, 0.717) is 12.8 Å². The Morgan fingerprint density at radius 3 is 2.27 bits per heavy atom. The summed E-state index contributed by atoms with van der Waals surface area (Å²) in [5.41, 5.74) is 0.437. The van der Waals surface area contributed by atoms with Gasteiger partial charge in [0.2, 0.25) is 5.91 Å². The van der Waals surface area contributed by atoms with E-state index in [2.05, 4.69) is 14.8 Å². The second kappa shape index (κ2) is 8.31. The van der Waals surface area contributed by atoms with Gasteiger partial charge in [0, 0.05) is 6.42 Å². The van der Waals surface area contributed by atoms with Crippen LogP contribution in [0.3, 0.4) is 0 Å². The van der Waals surface area contributed by atoms with Gasteiger partial charge in [-0.25, -0.2) is 18.0 Å². The molecule has 26 heavy (non-hydrogen) atoms. The fourth-order valence-electron chi connectivity index (χ4n) is 2.79. The molecule has 1 N–H and O–H groups in total. The van der Waals surface area contributed by atoms with Crippen LogP contribution in [0.15, 0.2) is 18.2 Å². The van der Waals surface area contributed by atoms with Crippen molar-refractivity contribution in [3.8, 4) is 0 Å². The van der Waals surface area contributed by atoms with E-state index >= 15 is 0 Å². The van der Waals surface area contributed by atoms with Crippen molar-refractivity contribution in [2.75, 3.05) is 31.0 Å². The molecule has 1 fully saturated rings. The number of hydrogen-bond acceptors (Lipinski definition) is 7. The molecule has 1 aromatic rings. The summed E-state index contributed by atoms with van der Waals surface area (Å²) in [6.07, 6.45) is 1.00. The van der Waals surface area contributed by atoms with Crippen molar-refractivity contribution >= 4 is 33.4 Å². The lowest BCUT2D eigenvalue weighted by molar-refractivity contribution is -0.117. The molecular weight excluding hydrogens is 362 g/mol. The molecule has 142 valence electrons. The first-order valence-corrected chi connectivity index (χ1v) is 9.89. The van der Waals surface area contributed by atoms with Gasteiger partial charge in [-0.15, -0.1) is 0 Å². The van der Waals surface area contributed by atoms with Crippen molar-refractivity contribution < 1.29 is 32.3 Å². The topological polar surface area (TPSA) is 116 Å². The van der Waals surface area contributed by atoms with Crippen LogP contribution in [0.4, 0.5) is 5.69 Å². The highest BCUT2D eigenvalue weighted by Gasteiger charge is 2.26. The Labute approximate surface area is 151 Å². The third-order valence-electron chi connectivity index (χ3n) is 4.27. The Morgan fingerprint density at radius 2 is 1.69 bits per heavy atom. The number of anilines is 1. The SMILES string of the molecule is COC(=O)c1ccc(C(=O)OC)c(NC(=O)CC2CCS(=O)(=O)CC2)c1. The average molecular weight is 383 g/mol. The first-order valence-electron chi connectivity index (χ1n) is 8.06. The highest BCUT2D eigenvalue weighted by Crippen LogP contribution is 2.24. The van der Waals surface area contributed by atoms with Gasteiger partial charge in [0.15, 0.2) is 0 Å². The highest BCUT2D eigenvalue weighted by molar-refractivity contribution is 7.91. The van der Waals surface area contributed by atoms with Gasteiger partial charge in [-0.05, 0) is 37.0 Å². The van der Waals surface area contributed by atoms with Crippen LogP contribution >= 0.6 is 0 Å². The number of methoxy groups -OCH3 is 2. The Bertz CT molecular complexity index is 802. The summed E-state index contributed by atoms with van der Waals surface area (Å²) in [4.78, 5) is 35.9. The van der Waals surface area contributed by atoms with Crippen LogP contribution in [0, 0.1) is 5.92 Å². The molecule has 0 spiro atoms. The smallest absolute Gasteiger partial charge is 0.339 e. The number of amides is 1. The van der Waals surface area contributed by atoms with Gasteiger partial charge in [-0.3, -0.25) is 4.79 Å². The molecule has 0 unspecified atom stereocenters. The minimum Gasteiger partial charge on any atom is -0.465 e. The minimum absolute atomic E-state index is 0.0381. The highest BCUT2D eigenvalue weighted by atomic mass is 32.2. The molecule has 1 aromatic carbocycles. The molecule has 0 bridgehead atoms. The van der Waals surface area contributed by atoms with Crippen molar-refractivity contribution in [1.29, 1.82) is 0 Å². The lowest BCUT2D eigenvalue weighted by atomic mass is 9.98. The zero-order valence-electron chi connectivity index (χ0n) is 14.6. The summed E-state index contributed by atoms with van der Waals surface area (Å²) in [5, 5.41) is 2.62. The Morgan fingerprint density at radius 1 is 1.08 bits per heavy atom. The van der Waals surface area contributed by atoms with Gasteiger partial charge < -0.3 is 14.8 Å². The number of rotatable bonds is 5. The van der Waals surface area contributed by atoms with Crippen LogP contribution < -0.4 is 5.32 Å². The summed E-state index contributed by atoms with van der Waals surface area (Å²) < 4.78 is 32.2. The van der Waals surface area contributed by atoms with E-state index < -0.39 is 21.8 Å². The zero-order valence-corrected chi connectivity index (χ0v) is 15.4. The summed E-state index contributed by atoms with van der Waals surface area (Å²) >= 11 is 0. The second-order valence-electron chi connectivity index (χ2n) is 6.09. The Kier molecular flexibility index (Phi) is 6.36. The molecule has 0 aromatic heterocycles. The molecular formula is C17H21NO7S. The molecule has 1 amide bonds. The number of ether oxygens (including phenoxy) is 2. The largest absolute Gasteiger partial charge is 0.465 e. The van der Waals surface area contributed by atoms with Gasteiger partial charge >= 0.3 is 11.9 Å². The Balaban J connectivity index is 2.14. The van der Waals surface area contributed by atoms with Crippen molar-refractivity contribution in [1.82, 2.24) is 0 Å². The van der Waals surface area contributed by atoms with Crippen LogP contribution in [0.2, 0.25) is 0 Å². The normalized spacial score (nSPS) is 16.5. The first kappa shape index (κ1) is 19.9. The summed E-state index contributed by atoms with van der Waals surface area (Å²) in [5.74, 6) is -1.49. The molecule has 1 saturated heterocycles. The predicted molar refractivity (Wildman–Crippen MR) is 93.7 cm³/mol. The molecule has 0 atom stereocenters.